The van der Waals surface area contributed by atoms with E-state index in [1.54, 1.807) is 19.1 Å². The second kappa shape index (κ2) is 6.03. The Bertz CT molecular complexity index is 658. The summed E-state index contributed by atoms with van der Waals surface area (Å²) in [6.45, 7) is 3.65. The highest BCUT2D eigenvalue weighted by Crippen LogP contribution is 2.24. The third-order valence-corrected chi connectivity index (χ3v) is 6.40. The first kappa shape index (κ1) is 15.2. The molecule has 108 valence electrons. The van der Waals surface area contributed by atoms with Crippen molar-refractivity contribution in [2.45, 2.75) is 30.7 Å². The van der Waals surface area contributed by atoms with E-state index < -0.39 is 15.9 Å². The lowest BCUT2D eigenvalue weighted by atomic mass is 10.1. The molecular formula is C14H17NO3S2. The Morgan fingerprint density at radius 3 is 2.45 bits per heavy atom. The second-order valence-electron chi connectivity index (χ2n) is 4.66. The summed E-state index contributed by atoms with van der Waals surface area (Å²) in [4.78, 5) is 4.99. The van der Waals surface area contributed by atoms with Crippen molar-refractivity contribution in [1.29, 1.82) is 0 Å². The van der Waals surface area contributed by atoms with Gasteiger partial charge in [-0.05, 0) is 25.8 Å². The van der Waals surface area contributed by atoms with Gasteiger partial charge in [-0.25, -0.2) is 13.4 Å². The van der Waals surface area contributed by atoms with Crippen LogP contribution in [0.25, 0.3) is 0 Å². The maximum atomic E-state index is 12.2. The molecule has 0 fully saturated rings. The zero-order valence-corrected chi connectivity index (χ0v) is 13.0. The summed E-state index contributed by atoms with van der Waals surface area (Å²) < 4.78 is 24.5. The molecule has 0 bridgehead atoms. The molecule has 0 aliphatic rings. The Hall–Kier alpha value is -1.24. The highest BCUT2D eigenvalue weighted by Gasteiger charge is 2.21. The molecule has 0 radical (unpaired) electrons. The van der Waals surface area contributed by atoms with Gasteiger partial charge in [0.2, 0.25) is 14.2 Å². The van der Waals surface area contributed by atoms with E-state index in [4.69, 9.17) is 0 Å². The van der Waals surface area contributed by atoms with Crippen LogP contribution in [0.2, 0.25) is 0 Å². The summed E-state index contributed by atoms with van der Waals surface area (Å²) in [5.74, 6) is -0.102. The molecule has 2 aromatic rings. The van der Waals surface area contributed by atoms with E-state index in [1.807, 2.05) is 25.1 Å². The lowest BCUT2D eigenvalue weighted by Gasteiger charge is -2.10. The predicted octanol–water partition coefficient (Wildman–Crippen LogP) is 2.66. The Labute approximate surface area is 123 Å². The number of aromatic nitrogens is 1. The van der Waals surface area contributed by atoms with Crippen LogP contribution in [0.3, 0.4) is 0 Å². The summed E-state index contributed by atoms with van der Waals surface area (Å²) in [7, 11) is -3.42. The van der Waals surface area contributed by atoms with E-state index in [1.165, 1.54) is 11.3 Å². The normalized spacial score (nSPS) is 13.3. The topological polar surface area (TPSA) is 67.3 Å². The zero-order chi connectivity index (χ0) is 14.8. The SMILES string of the molecule is Cc1nc(S(=O)(=O)CC[C@H](O)c2ccccc2)sc1C. The van der Waals surface area contributed by atoms with Crippen molar-refractivity contribution >= 4 is 21.2 Å². The third-order valence-electron chi connectivity index (χ3n) is 3.12. The van der Waals surface area contributed by atoms with E-state index in [9.17, 15) is 13.5 Å². The number of rotatable bonds is 5. The monoisotopic (exact) mass is 311 g/mol. The first-order valence-electron chi connectivity index (χ1n) is 6.30. The van der Waals surface area contributed by atoms with Gasteiger partial charge in [-0.2, -0.15) is 0 Å². The van der Waals surface area contributed by atoms with Crippen LogP contribution < -0.4 is 0 Å². The largest absolute Gasteiger partial charge is 0.388 e. The van der Waals surface area contributed by atoms with Crippen LogP contribution in [0.15, 0.2) is 34.7 Å². The van der Waals surface area contributed by atoms with Crippen molar-refractivity contribution in [3.05, 3.63) is 46.5 Å². The lowest BCUT2D eigenvalue weighted by molar-refractivity contribution is 0.174. The van der Waals surface area contributed by atoms with Gasteiger partial charge in [-0.3, -0.25) is 0 Å². The van der Waals surface area contributed by atoms with Crippen LogP contribution in [0, 0.1) is 13.8 Å². The molecule has 0 spiro atoms. The number of hydrogen-bond acceptors (Lipinski definition) is 5. The van der Waals surface area contributed by atoms with E-state index in [-0.39, 0.29) is 16.5 Å². The molecule has 1 N–H and O–H groups in total. The molecule has 1 aromatic carbocycles. The quantitative estimate of drug-likeness (QED) is 0.922. The maximum Gasteiger partial charge on any atom is 0.209 e. The number of aliphatic hydroxyl groups excluding tert-OH is 1. The van der Waals surface area contributed by atoms with Crippen LogP contribution in [0.1, 0.15) is 28.7 Å². The smallest absolute Gasteiger partial charge is 0.209 e. The molecule has 6 heteroatoms. The van der Waals surface area contributed by atoms with Gasteiger partial charge in [-0.1, -0.05) is 30.3 Å². The fourth-order valence-electron chi connectivity index (χ4n) is 1.77. The van der Waals surface area contributed by atoms with Crippen LogP contribution in [-0.2, 0) is 9.84 Å². The van der Waals surface area contributed by atoms with Gasteiger partial charge >= 0.3 is 0 Å². The van der Waals surface area contributed by atoms with Gasteiger partial charge < -0.3 is 5.11 Å². The standard InChI is InChI=1S/C14H17NO3S2/c1-10-11(2)19-14(15-10)20(17,18)9-8-13(16)12-6-4-3-5-7-12/h3-7,13,16H,8-9H2,1-2H3/t13-/m0/s1. The molecule has 4 nitrogen and oxygen atoms in total. The summed E-state index contributed by atoms with van der Waals surface area (Å²) in [5, 5.41) is 10.0. The third kappa shape index (κ3) is 3.45. The average Bonchev–Trinajstić information content (AvgIpc) is 2.78. The molecule has 0 saturated carbocycles. The van der Waals surface area contributed by atoms with Crippen molar-refractivity contribution in [3.8, 4) is 0 Å². The first-order valence-corrected chi connectivity index (χ1v) is 8.77. The number of nitrogens with zero attached hydrogens (tertiary/aromatic N) is 1. The maximum absolute atomic E-state index is 12.2. The minimum atomic E-state index is -3.42. The molecule has 0 aliphatic carbocycles. The molecule has 0 unspecified atom stereocenters. The number of aryl methyl sites for hydroxylation is 2. The van der Waals surface area contributed by atoms with E-state index in [2.05, 4.69) is 4.98 Å². The fraction of sp³-hybridized carbons (Fsp3) is 0.357. The van der Waals surface area contributed by atoms with Gasteiger partial charge in [0, 0.05) is 4.88 Å². The van der Waals surface area contributed by atoms with Crippen LogP contribution in [-0.4, -0.2) is 24.3 Å². The zero-order valence-electron chi connectivity index (χ0n) is 11.4. The molecule has 0 saturated heterocycles. The number of benzene rings is 1. The van der Waals surface area contributed by atoms with Crippen molar-refractivity contribution in [2.75, 3.05) is 5.75 Å². The van der Waals surface area contributed by atoms with Gasteiger partial charge in [0.15, 0.2) is 0 Å². The van der Waals surface area contributed by atoms with Crippen LogP contribution >= 0.6 is 11.3 Å². The highest BCUT2D eigenvalue weighted by atomic mass is 32.2. The van der Waals surface area contributed by atoms with Gasteiger partial charge in [0.05, 0.1) is 17.6 Å². The van der Waals surface area contributed by atoms with Crippen molar-refractivity contribution < 1.29 is 13.5 Å². The van der Waals surface area contributed by atoms with Crippen LogP contribution in [0.5, 0.6) is 0 Å². The second-order valence-corrected chi connectivity index (χ2v) is 8.14. The molecule has 1 atom stereocenters. The molecule has 1 heterocycles. The molecule has 20 heavy (non-hydrogen) atoms. The minimum absolute atomic E-state index is 0.102. The van der Waals surface area contributed by atoms with Crippen molar-refractivity contribution in [1.82, 2.24) is 4.98 Å². The van der Waals surface area contributed by atoms with Crippen LogP contribution in [0.4, 0.5) is 0 Å². The molecule has 2 rings (SSSR count). The Morgan fingerprint density at radius 1 is 1.25 bits per heavy atom. The highest BCUT2D eigenvalue weighted by molar-refractivity contribution is 7.93. The van der Waals surface area contributed by atoms with Gasteiger partial charge in [-0.15, -0.1) is 11.3 Å². The number of hydrogen-bond donors (Lipinski definition) is 1. The summed E-state index contributed by atoms with van der Waals surface area (Å²) in [6.07, 6.45) is -0.600. The van der Waals surface area contributed by atoms with E-state index in [0.717, 1.165) is 16.1 Å². The van der Waals surface area contributed by atoms with E-state index >= 15 is 0 Å². The summed E-state index contributed by atoms with van der Waals surface area (Å²) in [5.41, 5.74) is 1.48. The summed E-state index contributed by atoms with van der Waals surface area (Å²) >= 11 is 1.19. The molecule has 0 amide bonds. The van der Waals surface area contributed by atoms with E-state index in [0.29, 0.717) is 0 Å². The molecule has 1 aromatic heterocycles. The average molecular weight is 311 g/mol. The van der Waals surface area contributed by atoms with Crippen molar-refractivity contribution in [3.63, 3.8) is 0 Å². The Morgan fingerprint density at radius 2 is 1.90 bits per heavy atom. The fourth-order valence-corrected chi connectivity index (χ4v) is 4.53. The van der Waals surface area contributed by atoms with Gasteiger partial charge in [0.25, 0.3) is 0 Å². The minimum Gasteiger partial charge on any atom is -0.388 e. The number of aliphatic hydroxyl groups is 1. The Balaban J connectivity index is 2.06. The molecule has 0 aliphatic heterocycles. The molecular weight excluding hydrogens is 294 g/mol. The Kier molecular flexibility index (Phi) is 4.57. The first-order chi connectivity index (χ1) is 9.40. The number of thiazole rings is 1. The van der Waals surface area contributed by atoms with Crippen molar-refractivity contribution in [2.24, 2.45) is 0 Å². The lowest BCUT2D eigenvalue weighted by Crippen LogP contribution is -2.10. The predicted molar refractivity (Wildman–Crippen MR) is 79.7 cm³/mol. The summed E-state index contributed by atoms with van der Waals surface area (Å²) in [6, 6.07) is 9.07. The number of sulfone groups is 1. The van der Waals surface area contributed by atoms with Gasteiger partial charge in [0.1, 0.15) is 0 Å².